The Kier molecular flexibility index (Phi) is 7.19. The molecule has 4 nitrogen and oxygen atoms in total. The lowest BCUT2D eigenvalue weighted by Crippen LogP contribution is -2.31. The van der Waals surface area contributed by atoms with Crippen LogP contribution in [0.5, 0.6) is 0 Å². The first-order valence-corrected chi connectivity index (χ1v) is 12.7. The fourth-order valence-electron chi connectivity index (χ4n) is 4.22. The predicted octanol–water partition coefficient (Wildman–Crippen LogP) is 5.90. The van der Waals surface area contributed by atoms with E-state index in [1.807, 2.05) is 57.8 Å². The Hall–Kier alpha value is -2.25. The van der Waals surface area contributed by atoms with E-state index in [4.69, 9.17) is 4.98 Å². The molecule has 2 heterocycles. The third-order valence-corrected chi connectivity index (χ3v) is 7.37. The predicted molar refractivity (Wildman–Crippen MR) is 144 cm³/mol. The molecule has 0 bridgehead atoms. The van der Waals surface area contributed by atoms with Gasteiger partial charge in [0, 0.05) is 47.4 Å². The number of hydrogen-bond donors (Lipinski definition) is 1. The summed E-state index contributed by atoms with van der Waals surface area (Å²) in [5.74, 6) is 0.927. The van der Waals surface area contributed by atoms with Crippen LogP contribution in [0.25, 0.3) is 10.9 Å². The van der Waals surface area contributed by atoms with Crippen molar-refractivity contribution >= 4 is 44.0 Å². The molecule has 172 valence electrons. The van der Waals surface area contributed by atoms with Crippen LogP contribution in [-0.4, -0.2) is 49.7 Å². The second-order valence-electron chi connectivity index (χ2n) is 8.94. The molecule has 0 saturated carbocycles. The minimum absolute atomic E-state index is 0.580. The molecule has 0 spiro atoms. The van der Waals surface area contributed by atoms with Crippen LogP contribution in [-0.2, 0) is 12.0 Å². The standard InChI is InChI=1S/C27H30BrN3OS/c1-30(2)13-12-27(32,24-11-8-14-33-24)23-18-22(28)17-20-16-21(15-19-9-6-5-7-10-19)26(31(3)4)29-25(20)23/h5-11,14,16-18,32H,12-13,15H2,1-4H3. The van der Waals surface area contributed by atoms with Gasteiger partial charge in [0.15, 0.2) is 0 Å². The second-order valence-corrected chi connectivity index (χ2v) is 10.8. The minimum atomic E-state index is -1.13. The second kappa shape index (κ2) is 9.94. The van der Waals surface area contributed by atoms with Crippen LogP contribution < -0.4 is 4.90 Å². The molecule has 6 heteroatoms. The average Bonchev–Trinajstić information content (AvgIpc) is 3.32. The number of fused-ring (bicyclic) bond motifs is 1. The van der Waals surface area contributed by atoms with Crippen molar-refractivity contribution in [3.05, 3.63) is 92.1 Å². The van der Waals surface area contributed by atoms with Crippen molar-refractivity contribution in [3.8, 4) is 0 Å². The highest BCUT2D eigenvalue weighted by molar-refractivity contribution is 9.10. The van der Waals surface area contributed by atoms with Crippen molar-refractivity contribution in [1.29, 1.82) is 0 Å². The van der Waals surface area contributed by atoms with Crippen LogP contribution in [0.15, 0.2) is 70.5 Å². The topological polar surface area (TPSA) is 39.6 Å². The van der Waals surface area contributed by atoms with Crippen LogP contribution in [0, 0.1) is 0 Å². The van der Waals surface area contributed by atoms with Gasteiger partial charge in [0.1, 0.15) is 11.4 Å². The molecular formula is C27H30BrN3OS. The van der Waals surface area contributed by atoms with Crippen LogP contribution in [0.2, 0.25) is 0 Å². The molecule has 0 saturated heterocycles. The molecular weight excluding hydrogens is 494 g/mol. The summed E-state index contributed by atoms with van der Waals surface area (Å²) in [6, 6.07) is 20.8. The molecule has 33 heavy (non-hydrogen) atoms. The van der Waals surface area contributed by atoms with Gasteiger partial charge in [-0.15, -0.1) is 11.3 Å². The van der Waals surface area contributed by atoms with E-state index in [0.717, 1.165) is 50.2 Å². The highest BCUT2D eigenvalue weighted by Crippen LogP contribution is 2.41. The zero-order valence-corrected chi connectivity index (χ0v) is 21.9. The quantitative estimate of drug-likeness (QED) is 0.312. The summed E-state index contributed by atoms with van der Waals surface area (Å²) < 4.78 is 0.940. The van der Waals surface area contributed by atoms with Gasteiger partial charge in [-0.05, 0) is 61.3 Å². The SMILES string of the molecule is CN(C)CCC(O)(c1cccs1)c1cc(Br)cc2cc(Cc3ccccc3)c(N(C)C)nc12. The highest BCUT2D eigenvalue weighted by Gasteiger charge is 2.35. The summed E-state index contributed by atoms with van der Waals surface area (Å²) in [6.45, 7) is 0.759. The Balaban J connectivity index is 1.92. The molecule has 2 aromatic carbocycles. The maximum absolute atomic E-state index is 12.2. The number of rotatable bonds is 8. The lowest BCUT2D eigenvalue weighted by Gasteiger charge is -2.31. The molecule has 1 atom stereocenters. The van der Waals surface area contributed by atoms with Gasteiger partial charge in [0.25, 0.3) is 0 Å². The molecule has 0 fully saturated rings. The van der Waals surface area contributed by atoms with Gasteiger partial charge in [-0.3, -0.25) is 0 Å². The fourth-order valence-corrected chi connectivity index (χ4v) is 5.57. The number of benzene rings is 2. The summed E-state index contributed by atoms with van der Waals surface area (Å²) >= 11 is 5.29. The first-order valence-electron chi connectivity index (χ1n) is 11.0. The molecule has 1 N–H and O–H groups in total. The first-order chi connectivity index (χ1) is 15.8. The van der Waals surface area contributed by atoms with Gasteiger partial charge >= 0.3 is 0 Å². The van der Waals surface area contributed by atoms with E-state index in [9.17, 15) is 5.11 Å². The number of aliphatic hydroxyl groups is 1. The molecule has 0 aliphatic rings. The van der Waals surface area contributed by atoms with Gasteiger partial charge in [-0.25, -0.2) is 4.98 Å². The minimum Gasteiger partial charge on any atom is -0.379 e. The van der Waals surface area contributed by atoms with E-state index in [2.05, 4.69) is 62.1 Å². The number of hydrogen-bond acceptors (Lipinski definition) is 5. The summed E-state index contributed by atoms with van der Waals surface area (Å²) in [7, 11) is 8.12. The zero-order valence-electron chi connectivity index (χ0n) is 19.5. The summed E-state index contributed by atoms with van der Waals surface area (Å²) in [6.07, 6.45) is 1.38. The molecule has 4 aromatic rings. The Morgan fingerprint density at radius 2 is 1.76 bits per heavy atom. The van der Waals surface area contributed by atoms with E-state index < -0.39 is 5.60 Å². The average molecular weight is 525 g/mol. The number of anilines is 1. The highest BCUT2D eigenvalue weighted by atomic mass is 79.9. The van der Waals surface area contributed by atoms with Gasteiger partial charge in [-0.1, -0.05) is 52.3 Å². The number of pyridine rings is 1. The monoisotopic (exact) mass is 523 g/mol. The van der Waals surface area contributed by atoms with E-state index in [-0.39, 0.29) is 0 Å². The van der Waals surface area contributed by atoms with Crippen LogP contribution in [0.3, 0.4) is 0 Å². The van der Waals surface area contributed by atoms with Crippen molar-refractivity contribution in [2.24, 2.45) is 0 Å². The maximum Gasteiger partial charge on any atom is 0.132 e. The molecule has 2 aromatic heterocycles. The maximum atomic E-state index is 12.2. The Bertz CT molecular complexity index is 1230. The number of aromatic nitrogens is 1. The van der Waals surface area contributed by atoms with E-state index >= 15 is 0 Å². The van der Waals surface area contributed by atoms with Crippen molar-refractivity contribution in [2.45, 2.75) is 18.4 Å². The normalized spacial score (nSPS) is 13.4. The van der Waals surface area contributed by atoms with Crippen LogP contribution in [0.1, 0.15) is 28.0 Å². The van der Waals surface area contributed by atoms with Crippen LogP contribution in [0.4, 0.5) is 5.82 Å². The summed E-state index contributed by atoms with van der Waals surface area (Å²) in [5, 5.41) is 15.2. The molecule has 0 amide bonds. The van der Waals surface area contributed by atoms with Gasteiger partial charge in [0.05, 0.1) is 5.52 Å². The van der Waals surface area contributed by atoms with Crippen LogP contribution >= 0.6 is 27.3 Å². The van der Waals surface area contributed by atoms with Crippen molar-refractivity contribution in [2.75, 3.05) is 39.6 Å². The van der Waals surface area contributed by atoms with Gasteiger partial charge in [-0.2, -0.15) is 0 Å². The lowest BCUT2D eigenvalue weighted by molar-refractivity contribution is 0.0678. The fraction of sp³-hybridized carbons (Fsp3) is 0.296. The molecule has 1 unspecified atom stereocenters. The Labute approximate surface area is 208 Å². The van der Waals surface area contributed by atoms with E-state index in [1.165, 1.54) is 5.56 Å². The summed E-state index contributed by atoms with van der Waals surface area (Å²) in [5.41, 5.74) is 2.96. The first kappa shape index (κ1) is 23.9. The molecule has 0 radical (unpaired) electrons. The Morgan fingerprint density at radius 1 is 1.00 bits per heavy atom. The summed E-state index contributed by atoms with van der Waals surface area (Å²) in [4.78, 5) is 10.3. The lowest BCUT2D eigenvalue weighted by atomic mass is 9.86. The van der Waals surface area contributed by atoms with Crippen molar-refractivity contribution in [3.63, 3.8) is 0 Å². The van der Waals surface area contributed by atoms with Crippen molar-refractivity contribution < 1.29 is 5.11 Å². The van der Waals surface area contributed by atoms with Crippen molar-refractivity contribution in [1.82, 2.24) is 9.88 Å². The smallest absolute Gasteiger partial charge is 0.132 e. The number of nitrogens with zero attached hydrogens (tertiary/aromatic N) is 3. The Morgan fingerprint density at radius 3 is 2.39 bits per heavy atom. The molecule has 0 aliphatic carbocycles. The van der Waals surface area contributed by atoms with E-state index in [0.29, 0.717) is 6.42 Å². The third kappa shape index (κ3) is 5.14. The molecule has 4 rings (SSSR count). The largest absolute Gasteiger partial charge is 0.379 e. The number of thiophene rings is 1. The third-order valence-electron chi connectivity index (χ3n) is 5.90. The van der Waals surface area contributed by atoms with Gasteiger partial charge in [0.2, 0.25) is 0 Å². The van der Waals surface area contributed by atoms with E-state index in [1.54, 1.807) is 11.3 Å². The number of halogens is 1. The zero-order chi connectivity index (χ0) is 23.6. The molecule has 0 aliphatic heterocycles. The van der Waals surface area contributed by atoms with Gasteiger partial charge < -0.3 is 14.9 Å².